The first-order valence-corrected chi connectivity index (χ1v) is 20.7. The number of anilines is 1. The quantitative estimate of drug-likeness (QED) is 0.180. The molecule has 0 saturated carbocycles. The largest absolute Gasteiger partial charge is 0.305 e. The van der Waals surface area contributed by atoms with Crippen molar-refractivity contribution in [1.29, 1.82) is 0 Å². The predicted octanol–water partition coefficient (Wildman–Crippen LogP) is 13.2. The number of nitrogens with zero attached hydrogens (tertiary/aromatic N) is 3. The number of fused-ring (bicyclic) bond motifs is 16. The van der Waals surface area contributed by atoms with Crippen molar-refractivity contribution in [3.63, 3.8) is 0 Å². The van der Waals surface area contributed by atoms with Crippen LogP contribution in [0.4, 0.5) is 5.95 Å². The van der Waals surface area contributed by atoms with Crippen molar-refractivity contribution in [1.82, 2.24) is 9.97 Å². The van der Waals surface area contributed by atoms with E-state index in [4.69, 9.17) is 9.97 Å². The molecule has 0 unspecified atom stereocenters. The van der Waals surface area contributed by atoms with Gasteiger partial charge in [0.1, 0.15) is 11.1 Å². The molecule has 0 amide bonds. The van der Waals surface area contributed by atoms with E-state index < -0.39 is 11.1 Å². The third kappa shape index (κ3) is 3.97. The van der Waals surface area contributed by atoms with Crippen molar-refractivity contribution in [3.05, 3.63) is 234 Å². The van der Waals surface area contributed by atoms with Crippen molar-refractivity contribution in [3.8, 4) is 44.8 Å². The second-order valence-corrected chi connectivity index (χ2v) is 16.7. The highest BCUT2D eigenvalue weighted by Gasteiger charge is 2.67. The highest BCUT2D eigenvalue weighted by Crippen LogP contribution is 2.69. The number of hydrogen-bond donors (Lipinski definition) is 0. The molecule has 4 heteroatoms. The Labute approximate surface area is 340 Å². The van der Waals surface area contributed by atoms with Crippen molar-refractivity contribution in [2.24, 2.45) is 0 Å². The van der Waals surface area contributed by atoms with Crippen LogP contribution in [-0.4, -0.2) is 9.97 Å². The van der Waals surface area contributed by atoms with E-state index in [0.29, 0.717) is 5.95 Å². The Morgan fingerprint density at radius 1 is 0.345 bits per heavy atom. The van der Waals surface area contributed by atoms with Crippen LogP contribution in [0.2, 0.25) is 0 Å². The lowest BCUT2D eigenvalue weighted by Gasteiger charge is -2.47. The van der Waals surface area contributed by atoms with Crippen molar-refractivity contribution in [2.45, 2.75) is 11.1 Å². The molecular weight excluding hydrogens is 723 g/mol. The summed E-state index contributed by atoms with van der Waals surface area (Å²) in [5, 5.41) is 2.52. The standard InChI is InChI=1S/C54H33N3S/c1-2-16-34(17-3-1)48-33-49(35-30-31-51-41(32-35)40-22-8-15-29-50(40)58-51)56-52(55-48)57-53(42-23-9-4-18-36(42)37-19-5-10-24-43(37)53)46-27-13-14-28-47(46)54(57)44-25-11-6-20-38(44)39-21-7-12-26-45(39)54/h1-33H. The fourth-order valence-corrected chi connectivity index (χ4v) is 11.8. The van der Waals surface area contributed by atoms with Crippen LogP contribution >= 0.6 is 11.3 Å². The predicted molar refractivity (Wildman–Crippen MR) is 238 cm³/mol. The minimum atomic E-state index is -0.769. The van der Waals surface area contributed by atoms with Gasteiger partial charge in [-0.25, -0.2) is 9.97 Å². The summed E-state index contributed by atoms with van der Waals surface area (Å²) in [5.74, 6) is 0.681. The zero-order chi connectivity index (χ0) is 38.0. The molecule has 0 N–H and O–H groups in total. The van der Waals surface area contributed by atoms with Crippen LogP contribution < -0.4 is 4.90 Å². The van der Waals surface area contributed by atoms with Gasteiger partial charge in [-0.3, -0.25) is 0 Å². The molecule has 2 aromatic heterocycles. The lowest BCUT2D eigenvalue weighted by Crippen LogP contribution is -2.53. The van der Waals surface area contributed by atoms with Gasteiger partial charge in [0.15, 0.2) is 0 Å². The van der Waals surface area contributed by atoms with Gasteiger partial charge in [0.05, 0.1) is 11.4 Å². The molecule has 270 valence electrons. The highest BCUT2D eigenvalue weighted by atomic mass is 32.1. The van der Waals surface area contributed by atoms with E-state index >= 15 is 0 Å². The van der Waals surface area contributed by atoms with Crippen molar-refractivity contribution in [2.75, 3.05) is 4.90 Å². The topological polar surface area (TPSA) is 29.0 Å². The van der Waals surface area contributed by atoms with E-state index in [1.54, 1.807) is 0 Å². The summed E-state index contributed by atoms with van der Waals surface area (Å²) in [4.78, 5) is 14.2. The summed E-state index contributed by atoms with van der Waals surface area (Å²) in [6, 6.07) is 73.4. The molecule has 0 atom stereocenters. The summed E-state index contributed by atoms with van der Waals surface area (Å²) < 4.78 is 2.56. The second-order valence-electron chi connectivity index (χ2n) is 15.6. The molecule has 0 fully saturated rings. The van der Waals surface area contributed by atoms with Gasteiger partial charge in [0.25, 0.3) is 0 Å². The summed E-state index contributed by atoms with van der Waals surface area (Å²) in [7, 11) is 0. The Morgan fingerprint density at radius 3 is 1.33 bits per heavy atom. The minimum absolute atomic E-state index is 0.681. The van der Waals surface area contributed by atoms with Gasteiger partial charge >= 0.3 is 0 Å². The summed E-state index contributed by atoms with van der Waals surface area (Å²) in [6.45, 7) is 0. The maximum Gasteiger partial charge on any atom is 0.229 e. The fourth-order valence-electron chi connectivity index (χ4n) is 10.7. The molecule has 8 aromatic carbocycles. The van der Waals surface area contributed by atoms with Gasteiger partial charge in [-0.05, 0) is 79.9 Å². The molecule has 10 aromatic rings. The van der Waals surface area contributed by atoms with E-state index in [1.807, 2.05) is 11.3 Å². The molecule has 0 radical (unpaired) electrons. The van der Waals surface area contributed by atoms with Gasteiger partial charge in [0, 0.05) is 31.3 Å². The van der Waals surface area contributed by atoms with Gasteiger partial charge in [-0.1, -0.05) is 176 Å². The normalized spacial score (nSPS) is 14.8. The Bertz CT molecular complexity index is 3110. The zero-order valence-electron chi connectivity index (χ0n) is 31.3. The molecular formula is C54H33N3S. The van der Waals surface area contributed by atoms with Gasteiger partial charge < -0.3 is 4.90 Å². The van der Waals surface area contributed by atoms with Crippen LogP contribution in [0.5, 0.6) is 0 Å². The zero-order valence-corrected chi connectivity index (χ0v) is 32.1. The molecule has 2 aliphatic carbocycles. The summed E-state index contributed by atoms with van der Waals surface area (Å²) >= 11 is 1.84. The third-order valence-electron chi connectivity index (χ3n) is 12.9. The average molecular weight is 756 g/mol. The monoisotopic (exact) mass is 755 g/mol. The Kier molecular flexibility index (Phi) is 6.46. The van der Waals surface area contributed by atoms with Gasteiger partial charge in [-0.15, -0.1) is 11.3 Å². The number of aromatic nitrogens is 2. The first kappa shape index (κ1) is 32.0. The first-order valence-electron chi connectivity index (χ1n) is 19.9. The van der Waals surface area contributed by atoms with Crippen LogP contribution in [0.1, 0.15) is 33.4 Å². The van der Waals surface area contributed by atoms with Crippen LogP contribution in [0, 0.1) is 0 Å². The number of rotatable bonds is 3. The summed E-state index contributed by atoms with van der Waals surface area (Å²) in [6.07, 6.45) is 0. The van der Waals surface area contributed by atoms with Crippen LogP contribution in [-0.2, 0) is 11.1 Å². The molecule has 3 nitrogen and oxygen atoms in total. The molecule has 0 saturated heterocycles. The minimum Gasteiger partial charge on any atom is -0.305 e. The van der Waals surface area contributed by atoms with E-state index in [9.17, 15) is 0 Å². The molecule has 3 heterocycles. The van der Waals surface area contributed by atoms with Gasteiger partial charge in [0.2, 0.25) is 5.95 Å². The Morgan fingerprint density at radius 2 is 0.776 bits per heavy atom. The van der Waals surface area contributed by atoms with E-state index in [0.717, 1.165) is 22.5 Å². The average Bonchev–Trinajstić information content (AvgIpc) is 3.99. The van der Waals surface area contributed by atoms with E-state index in [2.05, 4.69) is 205 Å². The molecule has 1 aliphatic heterocycles. The second kappa shape index (κ2) is 11.7. The fraction of sp³-hybridized carbons (Fsp3) is 0.0370. The van der Waals surface area contributed by atoms with Gasteiger partial charge in [-0.2, -0.15) is 0 Å². The maximum atomic E-state index is 5.81. The number of thiophene rings is 1. The van der Waals surface area contributed by atoms with E-state index in [-0.39, 0.29) is 0 Å². The van der Waals surface area contributed by atoms with Crippen molar-refractivity contribution >= 4 is 37.5 Å². The third-order valence-corrected chi connectivity index (χ3v) is 14.0. The van der Waals surface area contributed by atoms with Crippen LogP contribution in [0.15, 0.2) is 200 Å². The molecule has 0 bridgehead atoms. The summed E-state index contributed by atoms with van der Waals surface area (Å²) in [5.41, 5.74) is 14.8. The number of benzene rings is 8. The first-order chi connectivity index (χ1) is 28.8. The smallest absolute Gasteiger partial charge is 0.229 e. The van der Waals surface area contributed by atoms with Crippen LogP contribution in [0.25, 0.3) is 64.9 Å². The van der Waals surface area contributed by atoms with Crippen molar-refractivity contribution < 1.29 is 0 Å². The maximum absolute atomic E-state index is 5.81. The molecule has 2 spiro atoms. The lowest BCUT2D eigenvalue weighted by molar-refractivity contribution is 0.498. The lowest BCUT2D eigenvalue weighted by atomic mass is 9.79. The van der Waals surface area contributed by atoms with E-state index in [1.165, 1.54) is 75.8 Å². The molecule has 3 aliphatic rings. The number of hydrogen-bond acceptors (Lipinski definition) is 4. The molecule has 58 heavy (non-hydrogen) atoms. The Balaban J connectivity index is 1.20. The Hall–Kier alpha value is -7.14. The molecule has 13 rings (SSSR count). The highest BCUT2D eigenvalue weighted by molar-refractivity contribution is 7.25. The van der Waals surface area contributed by atoms with Crippen LogP contribution in [0.3, 0.4) is 0 Å². The SMILES string of the molecule is c1ccc(-c2cc(-c3ccc4sc5ccccc5c4c3)nc(N3C4(c5ccccc5-c5ccccc54)c4ccccc4C34c3ccccc3-c3ccccc34)n2)cc1.